The number of ether oxygens (including phenoxy) is 3. The van der Waals surface area contributed by atoms with Crippen molar-refractivity contribution >= 4 is 68.1 Å². The van der Waals surface area contributed by atoms with Gasteiger partial charge in [0.2, 0.25) is 23.7 Å². The van der Waals surface area contributed by atoms with Crippen LogP contribution >= 0.6 is 27.3 Å². The Bertz CT molecular complexity index is 2700. The fraction of sp³-hybridized carbons (Fsp3) is 0.455. The number of rotatable bonds is 25. The average Bonchev–Trinajstić information content (AvgIpc) is 4.08. The number of carbonyl (C=O) groups excluding carboxylic acids is 3. The molecule has 0 radical (unpaired) electrons. The largest absolute Gasteiger partial charge is 0.494 e. The number of carbonyl (C=O) groups is 3. The fourth-order valence-corrected chi connectivity index (χ4v) is 10.6. The number of aliphatic hydroxyl groups excluding tert-OH is 1. The van der Waals surface area contributed by atoms with Crippen molar-refractivity contribution in [3.63, 3.8) is 0 Å². The molecule has 2 aliphatic heterocycles. The monoisotopic (exact) mass is 1080 g/mol. The maximum absolute atomic E-state index is 14.4. The van der Waals surface area contributed by atoms with Crippen molar-refractivity contribution < 1.29 is 33.7 Å². The molecule has 0 spiro atoms. The maximum Gasteiger partial charge on any atom is 0.246 e. The first-order chi connectivity index (χ1) is 35.3. The Morgan fingerprint density at radius 2 is 1.75 bits per heavy atom. The Morgan fingerprint density at radius 3 is 2.47 bits per heavy atom. The summed E-state index contributed by atoms with van der Waals surface area (Å²) in [7, 11) is 1.88. The van der Waals surface area contributed by atoms with Crippen LogP contribution in [0.15, 0.2) is 89.5 Å². The highest BCUT2D eigenvalue weighted by Gasteiger charge is 2.44. The van der Waals surface area contributed by atoms with Crippen LogP contribution in [0.3, 0.4) is 0 Å². The van der Waals surface area contributed by atoms with Crippen LogP contribution in [0.4, 0.5) is 17.5 Å². The molecule has 1 saturated heterocycles. The summed E-state index contributed by atoms with van der Waals surface area (Å²) in [6, 6.07) is 20.2. The quantitative estimate of drug-likeness (QED) is 0.0407. The summed E-state index contributed by atoms with van der Waals surface area (Å²) in [5.41, 5.74) is 8.26. The normalized spacial score (nSPS) is 16.8. The number of nitrogens with one attached hydrogen (secondary N) is 3. The van der Waals surface area contributed by atoms with Gasteiger partial charge in [-0.3, -0.25) is 14.4 Å². The first kappa shape index (κ1) is 53.2. The molecule has 1 aliphatic carbocycles. The molecule has 2 fully saturated rings. The van der Waals surface area contributed by atoms with E-state index in [-0.39, 0.29) is 49.1 Å². The van der Waals surface area contributed by atoms with Gasteiger partial charge < -0.3 is 50.0 Å². The zero-order valence-corrected chi connectivity index (χ0v) is 44.7. The molecule has 2 aromatic heterocycles. The predicted octanol–water partition coefficient (Wildman–Crippen LogP) is 8.82. The number of likely N-dealkylation sites (tertiary alicyclic amines) is 1. The molecule has 1 saturated carbocycles. The van der Waals surface area contributed by atoms with Crippen LogP contribution in [0, 0.1) is 18.8 Å². The highest BCUT2D eigenvalue weighted by molar-refractivity contribution is 9.10. The molecule has 3 aliphatic rings. The predicted molar refractivity (Wildman–Crippen MR) is 288 cm³/mol. The number of hydrogen-bond acceptors (Lipinski definition) is 14. The number of β-amino-alcohol motifs (C(OH)–C–C–N with tert-alkyl or cyclic N) is 1. The third-order valence-corrected chi connectivity index (χ3v) is 15.2. The van der Waals surface area contributed by atoms with E-state index in [1.165, 1.54) is 0 Å². The van der Waals surface area contributed by atoms with Gasteiger partial charge in [0, 0.05) is 107 Å². The lowest BCUT2D eigenvalue weighted by molar-refractivity contribution is -0.143. The third kappa shape index (κ3) is 13.6. The SMILES string of the molecule is C=C1c2ccccc2CN1[C@H](C(=O)N1C[C@H](O)C[C@H]1C(=O)NCc1ccc(-c2scnc2C)cc1OCCCOCCCOc1ccc(Nc2ncc(Br)c(NCCCN(C)C(=O)C3CCC3)n2)cc1)C(C)C. The Kier molecular flexibility index (Phi) is 18.4. The first-order valence-electron chi connectivity index (χ1n) is 25.4. The van der Waals surface area contributed by atoms with Gasteiger partial charge in [0.15, 0.2) is 0 Å². The molecule has 0 bridgehead atoms. The minimum Gasteiger partial charge on any atom is -0.494 e. The van der Waals surface area contributed by atoms with Gasteiger partial charge in [0.25, 0.3) is 0 Å². The number of halogens is 1. The summed E-state index contributed by atoms with van der Waals surface area (Å²) in [6.45, 7) is 14.4. The number of amides is 3. The molecule has 4 N–H and O–H groups in total. The topological polar surface area (TPSA) is 184 Å². The van der Waals surface area contributed by atoms with Crippen molar-refractivity contribution in [1.82, 2.24) is 35.0 Å². The Balaban J connectivity index is 0.763. The third-order valence-electron chi connectivity index (χ3n) is 13.7. The second-order valence-corrected chi connectivity index (χ2v) is 21.1. The smallest absolute Gasteiger partial charge is 0.246 e. The number of thiazole rings is 1. The summed E-state index contributed by atoms with van der Waals surface area (Å²) < 4.78 is 19.0. The second-order valence-electron chi connectivity index (χ2n) is 19.3. The van der Waals surface area contributed by atoms with Gasteiger partial charge in [-0.1, -0.05) is 63.2 Å². The van der Waals surface area contributed by atoms with Crippen LogP contribution in [0.5, 0.6) is 11.5 Å². The first-order valence-corrected chi connectivity index (χ1v) is 27.1. The lowest BCUT2D eigenvalue weighted by Gasteiger charge is -2.36. The second kappa shape index (κ2) is 25.2. The number of aromatic nitrogens is 3. The van der Waals surface area contributed by atoms with Gasteiger partial charge in [-0.25, -0.2) is 9.97 Å². The van der Waals surface area contributed by atoms with Crippen LogP contribution < -0.4 is 25.4 Å². The van der Waals surface area contributed by atoms with Crippen molar-refractivity contribution in [3.8, 4) is 21.9 Å². The van der Waals surface area contributed by atoms with Crippen molar-refractivity contribution in [2.45, 2.75) is 97.0 Å². The van der Waals surface area contributed by atoms with Crippen molar-refractivity contribution in [2.75, 3.05) is 63.7 Å². The van der Waals surface area contributed by atoms with Crippen LogP contribution in [0.2, 0.25) is 0 Å². The van der Waals surface area contributed by atoms with Crippen molar-refractivity contribution in [2.24, 2.45) is 11.8 Å². The van der Waals surface area contributed by atoms with Gasteiger partial charge in [-0.05, 0) is 89.5 Å². The van der Waals surface area contributed by atoms with Crippen LogP contribution in [-0.4, -0.2) is 124 Å². The molecular weight excluding hydrogens is 1010 g/mol. The summed E-state index contributed by atoms with van der Waals surface area (Å²) in [5.74, 6) is 2.40. The molecule has 8 rings (SSSR count). The molecule has 5 aromatic rings. The zero-order valence-electron chi connectivity index (χ0n) is 42.3. The Morgan fingerprint density at radius 1 is 0.986 bits per heavy atom. The average molecular weight is 1080 g/mol. The minimum atomic E-state index is -0.822. The van der Waals surface area contributed by atoms with Gasteiger partial charge in [0.1, 0.15) is 29.4 Å². The van der Waals surface area contributed by atoms with E-state index in [0.717, 1.165) is 80.1 Å². The van der Waals surface area contributed by atoms with Gasteiger partial charge >= 0.3 is 0 Å². The number of anilines is 3. The van der Waals surface area contributed by atoms with E-state index in [1.807, 2.05) is 104 Å². The van der Waals surface area contributed by atoms with Gasteiger partial charge in [-0.2, -0.15) is 4.98 Å². The Labute approximate surface area is 441 Å². The minimum absolute atomic E-state index is 0.0660. The van der Waals surface area contributed by atoms with E-state index in [0.29, 0.717) is 76.4 Å². The molecule has 388 valence electrons. The van der Waals surface area contributed by atoms with Crippen LogP contribution in [-0.2, 0) is 32.2 Å². The Hall–Kier alpha value is -6.08. The highest BCUT2D eigenvalue weighted by Crippen LogP contribution is 2.37. The van der Waals surface area contributed by atoms with E-state index < -0.39 is 18.2 Å². The molecule has 3 atom stereocenters. The molecule has 3 amide bonds. The molecule has 0 unspecified atom stereocenters. The lowest BCUT2D eigenvalue weighted by atomic mass is 9.84. The number of benzene rings is 3. The van der Waals surface area contributed by atoms with Crippen molar-refractivity contribution in [1.29, 1.82) is 0 Å². The van der Waals surface area contributed by atoms with Crippen molar-refractivity contribution in [3.05, 3.63) is 112 Å². The standard InChI is InChI=1S/C55H68BrN9O7S/c1-35(2)49(64-32-41-12-6-7-15-45(41)37(64)4)54(69)65-33-43(66)29-47(65)52(67)58-30-40-17-16-39(50-36(3)60-34-73-50)28-48(40)72-27-11-25-70-24-10-26-71-44-20-18-42(19-21-44)61-55-59-31-46(56)51(62-55)57-22-9-23-63(5)53(68)38-13-8-14-38/h6-7,12,15-21,28,31,34-35,38,43,47,49,66H,4,8-11,13-14,22-27,29-30,32-33H2,1-3,5H3,(H,58,67)(H2,57,59,61,62)/t43-,47+,49+/m1/s1. The summed E-state index contributed by atoms with van der Waals surface area (Å²) >= 11 is 5.09. The fourth-order valence-electron chi connectivity index (χ4n) is 9.46. The molecule has 16 nitrogen and oxygen atoms in total. The lowest BCUT2D eigenvalue weighted by Crippen LogP contribution is -2.54. The van der Waals surface area contributed by atoms with Crippen LogP contribution in [0.1, 0.15) is 81.2 Å². The number of aliphatic hydroxyl groups is 1. The molecule has 73 heavy (non-hydrogen) atoms. The summed E-state index contributed by atoms with van der Waals surface area (Å²) in [6.07, 6.45) is 6.38. The van der Waals surface area contributed by atoms with Gasteiger partial charge in [-0.15, -0.1) is 11.3 Å². The van der Waals surface area contributed by atoms with E-state index in [4.69, 9.17) is 14.2 Å². The number of hydrogen-bond donors (Lipinski definition) is 4. The molecule has 3 aromatic carbocycles. The maximum atomic E-state index is 14.4. The van der Waals surface area contributed by atoms with E-state index >= 15 is 0 Å². The molecule has 18 heteroatoms. The summed E-state index contributed by atoms with van der Waals surface area (Å²) in [4.78, 5) is 60.7. The molecular formula is C55H68BrN9O7S. The highest BCUT2D eigenvalue weighted by atomic mass is 79.9. The van der Waals surface area contributed by atoms with Gasteiger partial charge in [0.05, 0.1) is 39.9 Å². The van der Waals surface area contributed by atoms with Crippen LogP contribution in [0.25, 0.3) is 16.1 Å². The zero-order chi connectivity index (χ0) is 51.4. The van der Waals surface area contributed by atoms with E-state index in [2.05, 4.69) is 59.5 Å². The number of fused-ring (bicyclic) bond motifs is 1. The van der Waals surface area contributed by atoms with E-state index in [1.54, 1.807) is 22.4 Å². The van der Waals surface area contributed by atoms with E-state index in [9.17, 15) is 19.5 Å². The number of aryl methyl sites for hydroxylation is 1. The summed E-state index contributed by atoms with van der Waals surface area (Å²) in [5, 5.41) is 20.5. The number of nitrogens with zero attached hydrogens (tertiary/aromatic N) is 6. The molecule has 4 heterocycles.